The van der Waals surface area contributed by atoms with Crippen LogP contribution in [-0.2, 0) is 20.2 Å². The summed E-state index contributed by atoms with van der Waals surface area (Å²) in [6.45, 7) is 0. The Morgan fingerprint density at radius 2 is 1.41 bits per heavy atom. The molecule has 0 saturated carbocycles. The Bertz CT molecular complexity index is 427. The van der Waals surface area contributed by atoms with Gasteiger partial charge in [0.1, 0.15) is 0 Å². The molecular formula is C13H23ClOSiZr. The molecule has 0 heterocycles. The van der Waals surface area contributed by atoms with Crippen molar-refractivity contribution in [1.82, 2.24) is 0 Å². The Labute approximate surface area is 112 Å². The van der Waals surface area contributed by atoms with Gasteiger partial charge in [-0.15, -0.1) is 12.4 Å². The van der Waals surface area contributed by atoms with Crippen LogP contribution in [0, 0.1) is 0 Å². The standard InChI is InChI=1S/2C5H5.3CH3.ClH.H3OSi.Zr/c2*1-2-4-5-3-1;;;;;1-2;/h2*1-3H,4H2;3*1H3;1H;2H3;/q;;;;;;-1;+1. The Kier molecular flexibility index (Phi) is 3.76. The van der Waals surface area contributed by atoms with Crippen molar-refractivity contribution in [3.05, 3.63) is 43.0 Å². The summed E-state index contributed by atoms with van der Waals surface area (Å²) in [6.07, 6.45) is 15.6. The molecule has 0 aliphatic heterocycles. The van der Waals surface area contributed by atoms with Gasteiger partial charge in [-0.1, -0.05) is 0 Å². The van der Waals surface area contributed by atoms with E-state index in [1.54, 1.807) is 6.56 Å². The normalized spacial score (nSPS) is 22.8. The third kappa shape index (κ3) is 2.16. The molecule has 1 nitrogen and oxygen atoms in total. The van der Waals surface area contributed by atoms with Gasteiger partial charge in [0.2, 0.25) is 0 Å². The molecular weight excluding hydrogens is 327 g/mol. The van der Waals surface area contributed by atoms with Crippen molar-refractivity contribution >= 4 is 22.9 Å². The fourth-order valence-electron chi connectivity index (χ4n) is 2.81. The Balaban J connectivity index is 0.00000144. The molecule has 2 rings (SSSR count). The van der Waals surface area contributed by atoms with Gasteiger partial charge in [0.15, 0.2) is 0 Å². The molecule has 4 heteroatoms. The molecule has 0 aromatic carbocycles. The van der Waals surface area contributed by atoms with Crippen LogP contribution in [0.2, 0.25) is 13.9 Å². The van der Waals surface area contributed by atoms with Crippen molar-refractivity contribution in [3.63, 3.8) is 0 Å². The van der Waals surface area contributed by atoms with Gasteiger partial charge in [0, 0.05) is 0 Å². The zero-order valence-corrected chi connectivity index (χ0v) is 16.5. The fraction of sp³-hybridized carbons (Fsp3) is 0.385. The summed E-state index contributed by atoms with van der Waals surface area (Å²) >= 11 is -3.74. The van der Waals surface area contributed by atoms with Gasteiger partial charge in [-0.3, -0.25) is 0 Å². The first-order chi connectivity index (χ1) is 7.32. The van der Waals surface area contributed by atoms with E-state index in [1.165, 1.54) is 0 Å². The number of allylic oxidation sites excluding steroid dienone is 8. The van der Waals surface area contributed by atoms with Crippen molar-refractivity contribution in [2.24, 2.45) is 0 Å². The molecule has 0 amide bonds. The van der Waals surface area contributed by atoms with Crippen LogP contribution in [0.5, 0.6) is 0 Å². The molecule has 0 saturated heterocycles. The van der Waals surface area contributed by atoms with Gasteiger partial charge in [-0.25, -0.2) is 0 Å². The average molecular weight is 350 g/mol. The molecule has 0 unspecified atom stereocenters. The van der Waals surface area contributed by atoms with Crippen LogP contribution in [0.3, 0.4) is 0 Å². The van der Waals surface area contributed by atoms with Gasteiger partial charge >= 0.3 is 100 Å². The quantitative estimate of drug-likeness (QED) is 0.706. The second-order valence-corrected chi connectivity index (χ2v) is 32.7. The third-order valence-electron chi connectivity index (χ3n) is 4.87. The number of rotatable bonds is 3. The molecule has 0 bridgehead atoms. The molecule has 2 aliphatic rings. The van der Waals surface area contributed by atoms with E-state index in [0.29, 0.717) is 0 Å². The second kappa shape index (κ2) is 4.16. The molecule has 0 atom stereocenters. The first-order valence-electron chi connectivity index (χ1n) is 6.05. The van der Waals surface area contributed by atoms with E-state index < -0.39 is 17.7 Å². The van der Waals surface area contributed by atoms with Crippen LogP contribution < -0.4 is 0 Å². The summed E-state index contributed by atoms with van der Waals surface area (Å²) in [4.78, 5) is 0. The second-order valence-electron chi connectivity index (χ2n) is 6.79. The van der Waals surface area contributed by atoms with E-state index >= 15 is 0 Å². The zero-order chi connectivity index (χ0) is 11.9. The SMILES string of the molecule is Cl.[CH3][Zr]([CH3])([CH3])([O][SiH3])([C]1=CC=CC1)[C]1=CC=CC1. The summed E-state index contributed by atoms with van der Waals surface area (Å²) in [5, 5.41) is 0. The van der Waals surface area contributed by atoms with Crippen LogP contribution in [0.1, 0.15) is 12.8 Å². The predicted molar refractivity (Wildman–Crippen MR) is 79.5 cm³/mol. The van der Waals surface area contributed by atoms with Crippen LogP contribution in [-0.4, -0.2) is 10.5 Å². The molecule has 0 aromatic rings. The van der Waals surface area contributed by atoms with E-state index in [1.807, 2.05) is 0 Å². The maximum absolute atomic E-state index is 6.41. The van der Waals surface area contributed by atoms with E-state index in [2.05, 4.69) is 50.4 Å². The molecule has 0 aromatic heterocycles. The first kappa shape index (κ1) is 15.4. The maximum atomic E-state index is 6.41. The monoisotopic (exact) mass is 348 g/mol. The fourth-order valence-corrected chi connectivity index (χ4v) is 16.4. The van der Waals surface area contributed by atoms with E-state index in [-0.39, 0.29) is 12.4 Å². The Morgan fingerprint density at radius 1 is 1.00 bits per heavy atom. The van der Waals surface area contributed by atoms with Gasteiger partial charge < -0.3 is 0 Å². The minimum absolute atomic E-state index is 0. The molecule has 0 N–H and O–H groups in total. The predicted octanol–water partition coefficient (Wildman–Crippen LogP) is 3.68. The third-order valence-corrected chi connectivity index (χ3v) is 32.7. The molecule has 0 radical (unpaired) electrons. The van der Waals surface area contributed by atoms with E-state index in [0.717, 1.165) is 23.3 Å². The van der Waals surface area contributed by atoms with Crippen LogP contribution in [0.25, 0.3) is 0 Å². The molecule has 0 fully saturated rings. The van der Waals surface area contributed by atoms with Crippen molar-refractivity contribution in [3.8, 4) is 0 Å². The Hall–Kier alpha value is 0.310. The van der Waals surface area contributed by atoms with E-state index in [4.69, 9.17) is 2.50 Å². The van der Waals surface area contributed by atoms with Crippen LogP contribution >= 0.6 is 12.4 Å². The number of hydrogen-bond acceptors (Lipinski definition) is 1. The van der Waals surface area contributed by atoms with Crippen LogP contribution in [0.4, 0.5) is 0 Å². The van der Waals surface area contributed by atoms with Crippen molar-refractivity contribution in [2.75, 3.05) is 0 Å². The number of hydrogen-bond donors (Lipinski definition) is 0. The Morgan fingerprint density at radius 3 is 1.65 bits per heavy atom. The molecule has 2 aliphatic carbocycles. The average Bonchev–Trinajstić information content (AvgIpc) is 2.92. The van der Waals surface area contributed by atoms with Gasteiger partial charge in [0.25, 0.3) is 0 Å². The topological polar surface area (TPSA) is 9.23 Å². The first-order valence-corrected chi connectivity index (χ1v) is 17.7. The van der Waals surface area contributed by atoms with E-state index in [9.17, 15) is 0 Å². The zero-order valence-electron chi connectivity index (χ0n) is 11.2. The molecule has 0 spiro atoms. The van der Waals surface area contributed by atoms with Crippen molar-refractivity contribution in [2.45, 2.75) is 26.7 Å². The van der Waals surface area contributed by atoms with Gasteiger partial charge in [-0.2, -0.15) is 0 Å². The summed E-state index contributed by atoms with van der Waals surface area (Å²) in [7, 11) is 0.818. The molecule has 17 heavy (non-hydrogen) atoms. The summed E-state index contributed by atoms with van der Waals surface area (Å²) in [5.74, 6) is 0. The summed E-state index contributed by atoms with van der Waals surface area (Å²) in [5.41, 5.74) is 0. The van der Waals surface area contributed by atoms with Gasteiger partial charge in [-0.05, 0) is 0 Å². The van der Waals surface area contributed by atoms with Crippen molar-refractivity contribution < 1.29 is 20.2 Å². The summed E-state index contributed by atoms with van der Waals surface area (Å²) in [6, 6.07) is 0. The van der Waals surface area contributed by atoms with Gasteiger partial charge in [0.05, 0.1) is 0 Å². The minimum atomic E-state index is -3.74. The van der Waals surface area contributed by atoms with Crippen LogP contribution in [0.15, 0.2) is 43.0 Å². The summed E-state index contributed by atoms with van der Waals surface area (Å²) < 4.78 is 16.8. The number of halogens is 1. The van der Waals surface area contributed by atoms with Crippen molar-refractivity contribution in [1.29, 1.82) is 0 Å². The molecule has 96 valence electrons.